The summed E-state index contributed by atoms with van der Waals surface area (Å²) in [6.45, 7) is 2.57. The molecule has 2 heterocycles. The molecule has 8 heteroatoms. The zero-order valence-corrected chi connectivity index (χ0v) is 11.6. The fraction of sp³-hybridized carbons (Fsp3) is 0.500. The van der Waals surface area contributed by atoms with Gasteiger partial charge in [0.15, 0.2) is 0 Å². The van der Waals surface area contributed by atoms with Crippen molar-refractivity contribution in [2.24, 2.45) is 0 Å². The Morgan fingerprint density at radius 1 is 1.35 bits per heavy atom. The second-order valence-corrected chi connectivity index (χ2v) is 4.82. The van der Waals surface area contributed by atoms with Gasteiger partial charge in [0, 0.05) is 44.5 Å². The van der Waals surface area contributed by atoms with Gasteiger partial charge in [0.2, 0.25) is 5.91 Å². The van der Waals surface area contributed by atoms with Gasteiger partial charge in [0.1, 0.15) is 12.0 Å². The van der Waals surface area contributed by atoms with Gasteiger partial charge in [-0.25, -0.2) is 4.98 Å². The van der Waals surface area contributed by atoms with Crippen LogP contribution >= 0.6 is 11.6 Å². The molecule has 0 aliphatic carbocycles. The summed E-state index contributed by atoms with van der Waals surface area (Å²) in [6.07, 6.45) is 1.61. The standard InChI is InChI=1S/C12H15ClN4O3/c13-4-3-12(18)16-7-5-15(6-8-16)11-2-1-10(9-14-11)17(19)20/h1-2,9H,3-8H2. The molecule has 1 aliphatic heterocycles. The minimum Gasteiger partial charge on any atom is -0.353 e. The van der Waals surface area contributed by atoms with Gasteiger partial charge in [0.25, 0.3) is 5.69 Å². The van der Waals surface area contributed by atoms with Gasteiger partial charge in [-0.05, 0) is 6.07 Å². The quantitative estimate of drug-likeness (QED) is 0.475. The third-order valence-corrected chi connectivity index (χ3v) is 3.40. The van der Waals surface area contributed by atoms with E-state index in [2.05, 4.69) is 4.98 Å². The van der Waals surface area contributed by atoms with E-state index in [4.69, 9.17) is 11.6 Å². The molecule has 1 aliphatic rings. The van der Waals surface area contributed by atoms with Crippen LogP contribution in [0.25, 0.3) is 0 Å². The summed E-state index contributed by atoms with van der Waals surface area (Å²) < 4.78 is 0. The Hall–Kier alpha value is -1.89. The van der Waals surface area contributed by atoms with Crippen molar-refractivity contribution in [1.82, 2.24) is 9.88 Å². The van der Waals surface area contributed by atoms with Crippen molar-refractivity contribution in [2.45, 2.75) is 6.42 Å². The Bertz CT molecular complexity index is 486. The molecule has 108 valence electrons. The molecule has 1 fully saturated rings. The number of aromatic nitrogens is 1. The molecule has 1 saturated heterocycles. The normalized spacial score (nSPS) is 15.2. The van der Waals surface area contributed by atoms with Crippen LogP contribution in [0.5, 0.6) is 0 Å². The number of pyridine rings is 1. The molecule has 1 aromatic rings. The minimum absolute atomic E-state index is 0.0234. The van der Waals surface area contributed by atoms with E-state index in [1.54, 1.807) is 11.0 Å². The molecular formula is C12H15ClN4O3. The summed E-state index contributed by atoms with van der Waals surface area (Å²) in [6, 6.07) is 3.07. The Labute approximate surface area is 121 Å². The lowest BCUT2D eigenvalue weighted by Crippen LogP contribution is -2.49. The van der Waals surface area contributed by atoms with Crippen LogP contribution in [0.4, 0.5) is 11.5 Å². The highest BCUT2D eigenvalue weighted by molar-refractivity contribution is 6.18. The first-order valence-corrected chi connectivity index (χ1v) is 6.84. The Morgan fingerprint density at radius 3 is 2.55 bits per heavy atom. The second-order valence-electron chi connectivity index (χ2n) is 4.44. The van der Waals surface area contributed by atoms with Crippen molar-refractivity contribution in [3.63, 3.8) is 0 Å². The minimum atomic E-state index is -0.473. The Morgan fingerprint density at radius 2 is 2.05 bits per heavy atom. The van der Waals surface area contributed by atoms with E-state index in [1.807, 2.05) is 4.90 Å². The molecular weight excluding hydrogens is 284 g/mol. The number of nitrogens with zero attached hydrogens (tertiary/aromatic N) is 4. The molecule has 0 radical (unpaired) electrons. The van der Waals surface area contributed by atoms with Gasteiger partial charge in [-0.15, -0.1) is 11.6 Å². The van der Waals surface area contributed by atoms with Gasteiger partial charge < -0.3 is 9.80 Å². The summed E-state index contributed by atoms with van der Waals surface area (Å²) in [5, 5.41) is 10.6. The predicted molar refractivity (Wildman–Crippen MR) is 75.0 cm³/mol. The van der Waals surface area contributed by atoms with E-state index in [9.17, 15) is 14.9 Å². The number of amides is 1. The summed E-state index contributed by atoms with van der Waals surface area (Å²) in [5.41, 5.74) is -0.0234. The van der Waals surface area contributed by atoms with Crippen molar-refractivity contribution < 1.29 is 9.72 Å². The highest BCUT2D eigenvalue weighted by Crippen LogP contribution is 2.17. The molecule has 0 aromatic carbocycles. The lowest BCUT2D eigenvalue weighted by atomic mass is 10.2. The largest absolute Gasteiger partial charge is 0.353 e. The van der Waals surface area contributed by atoms with Gasteiger partial charge in [0.05, 0.1) is 4.92 Å². The predicted octanol–water partition coefficient (Wildman–Crippen LogP) is 1.27. The van der Waals surface area contributed by atoms with Crippen molar-refractivity contribution in [3.05, 3.63) is 28.4 Å². The summed E-state index contributed by atoms with van der Waals surface area (Å²) in [7, 11) is 0. The number of anilines is 1. The van der Waals surface area contributed by atoms with E-state index < -0.39 is 4.92 Å². The number of piperazine rings is 1. The van der Waals surface area contributed by atoms with E-state index >= 15 is 0 Å². The van der Waals surface area contributed by atoms with Crippen LogP contribution in [0.1, 0.15) is 6.42 Å². The third kappa shape index (κ3) is 3.36. The molecule has 20 heavy (non-hydrogen) atoms. The maximum Gasteiger partial charge on any atom is 0.287 e. The summed E-state index contributed by atoms with van der Waals surface area (Å²) in [4.78, 5) is 29.7. The second kappa shape index (κ2) is 6.51. The van der Waals surface area contributed by atoms with Crippen molar-refractivity contribution >= 4 is 29.0 Å². The van der Waals surface area contributed by atoms with Crippen molar-refractivity contribution in [3.8, 4) is 0 Å². The maximum absolute atomic E-state index is 11.7. The van der Waals surface area contributed by atoms with Crippen LogP contribution in [0.3, 0.4) is 0 Å². The number of carbonyl (C=O) groups excluding carboxylic acids is 1. The fourth-order valence-corrected chi connectivity index (χ4v) is 2.26. The number of hydrogen-bond acceptors (Lipinski definition) is 5. The average Bonchev–Trinajstić information content (AvgIpc) is 2.48. The first kappa shape index (κ1) is 14.5. The monoisotopic (exact) mass is 298 g/mol. The van der Waals surface area contributed by atoms with Gasteiger partial charge in [-0.3, -0.25) is 14.9 Å². The molecule has 0 atom stereocenters. The molecule has 2 rings (SSSR count). The third-order valence-electron chi connectivity index (χ3n) is 3.21. The lowest BCUT2D eigenvalue weighted by molar-refractivity contribution is -0.385. The first-order chi connectivity index (χ1) is 9.61. The Kier molecular flexibility index (Phi) is 4.73. The number of nitro groups is 1. The van der Waals surface area contributed by atoms with Gasteiger partial charge >= 0.3 is 0 Å². The van der Waals surface area contributed by atoms with Gasteiger partial charge in [-0.1, -0.05) is 0 Å². The van der Waals surface area contributed by atoms with E-state index in [0.29, 0.717) is 44.3 Å². The summed E-state index contributed by atoms with van der Waals surface area (Å²) >= 11 is 5.56. The number of alkyl halides is 1. The highest BCUT2D eigenvalue weighted by atomic mass is 35.5. The van der Waals surface area contributed by atoms with Crippen LogP contribution in [0, 0.1) is 10.1 Å². The smallest absolute Gasteiger partial charge is 0.287 e. The van der Waals surface area contributed by atoms with Crippen LogP contribution < -0.4 is 4.90 Å². The van der Waals surface area contributed by atoms with Gasteiger partial charge in [-0.2, -0.15) is 0 Å². The molecule has 1 aromatic heterocycles. The van der Waals surface area contributed by atoms with Crippen LogP contribution in [0.2, 0.25) is 0 Å². The van der Waals surface area contributed by atoms with E-state index in [1.165, 1.54) is 12.3 Å². The molecule has 0 bridgehead atoms. The molecule has 1 amide bonds. The van der Waals surface area contributed by atoms with Crippen LogP contribution in [-0.2, 0) is 4.79 Å². The molecule has 7 nitrogen and oxygen atoms in total. The van der Waals surface area contributed by atoms with E-state index in [0.717, 1.165) is 0 Å². The molecule has 0 spiro atoms. The average molecular weight is 299 g/mol. The molecule has 0 saturated carbocycles. The molecule has 0 N–H and O–H groups in total. The van der Waals surface area contributed by atoms with Crippen molar-refractivity contribution in [1.29, 1.82) is 0 Å². The fourth-order valence-electron chi connectivity index (χ4n) is 2.10. The van der Waals surface area contributed by atoms with Crippen molar-refractivity contribution in [2.75, 3.05) is 37.0 Å². The zero-order valence-electron chi connectivity index (χ0n) is 10.9. The SMILES string of the molecule is O=C(CCCl)N1CCN(c2ccc([N+](=O)[O-])cn2)CC1. The molecule has 0 unspecified atom stereocenters. The number of carbonyl (C=O) groups is 1. The van der Waals surface area contributed by atoms with Crippen LogP contribution in [-0.4, -0.2) is 52.8 Å². The zero-order chi connectivity index (χ0) is 14.5. The highest BCUT2D eigenvalue weighted by Gasteiger charge is 2.21. The lowest BCUT2D eigenvalue weighted by Gasteiger charge is -2.35. The Balaban J connectivity index is 1.93. The first-order valence-electron chi connectivity index (χ1n) is 6.31. The number of hydrogen-bond donors (Lipinski definition) is 0. The number of rotatable bonds is 4. The maximum atomic E-state index is 11.7. The number of halogens is 1. The summed E-state index contributed by atoms with van der Waals surface area (Å²) in [5.74, 6) is 1.10. The van der Waals surface area contributed by atoms with E-state index in [-0.39, 0.29) is 11.6 Å². The van der Waals surface area contributed by atoms with Crippen LogP contribution in [0.15, 0.2) is 18.3 Å². The topological polar surface area (TPSA) is 79.6 Å².